The first-order valence-corrected chi connectivity index (χ1v) is 4.67. The lowest BCUT2D eigenvalue weighted by Crippen LogP contribution is -2.42. The minimum absolute atomic E-state index is 0.339. The molecule has 0 spiro atoms. The van der Waals surface area contributed by atoms with Crippen LogP contribution in [0.3, 0.4) is 0 Å². The van der Waals surface area contributed by atoms with E-state index >= 15 is 0 Å². The van der Waals surface area contributed by atoms with Crippen LogP contribution in [0.4, 0.5) is 0 Å². The van der Waals surface area contributed by atoms with E-state index in [-0.39, 0.29) is 0 Å². The van der Waals surface area contributed by atoms with E-state index in [0.717, 1.165) is 19.6 Å². The van der Waals surface area contributed by atoms with Gasteiger partial charge in [0.1, 0.15) is 0 Å². The monoisotopic (exact) mass is 167 g/mol. The van der Waals surface area contributed by atoms with Crippen LogP contribution in [0.15, 0.2) is 12.2 Å². The molecule has 2 aliphatic heterocycles. The van der Waals surface area contributed by atoms with Gasteiger partial charge >= 0.3 is 0 Å². The predicted octanol–water partition coefficient (Wildman–Crippen LogP) is 1.43. The van der Waals surface area contributed by atoms with Gasteiger partial charge in [0, 0.05) is 19.2 Å². The maximum atomic E-state index is 5.30. The minimum Gasteiger partial charge on any atom is -0.383 e. The molecule has 0 saturated carbocycles. The Morgan fingerprint density at radius 3 is 3.25 bits per heavy atom. The number of methoxy groups -OCH3 is 1. The van der Waals surface area contributed by atoms with Gasteiger partial charge < -0.3 is 4.74 Å². The lowest BCUT2D eigenvalue weighted by Gasteiger charge is -2.30. The average molecular weight is 167 g/mol. The average Bonchev–Trinajstić information content (AvgIpc) is 2.44. The first-order chi connectivity index (χ1) is 5.77. The molecule has 2 rings (SSSR count). The zero-order valence-corrected chi connectivity index (χ0v) is 7.81. The summed E-state index contributed by atoms with van der Waals surface area (Å²) in [5.41, 5.74) is 1.72. The summed E-state index contributed by atoms with van der Waals surface area (Å²) in [6, 6.07) is 0. The SMILES string of the molecule is C=C1CN2CCCC2(COC)C1. The van der Waals surface area contributed by atoms with Gasteiger partial charge in [-0.3, -0.25) is 4.90 Å². The quantitative estimate of drug-likeness (QED) is 0.577. The van der Waals surface area contributed by atoms with E-state index in [1.54, 1.807) is 7.11 Å². The zero-order valence-electron chi connectivity index (χ0n) is 7.81. The molecule has 12 heavy (non-hydrogen) atoms. The Morgan fingerprint density at radius 1 is 1.67 bits per heavy atom. The highest BCUT2D eigenvalue weighted by atomic mass is 16.5. The van der Waals surface area contributed by atoms with E-state index in [9.17, 15) is 0 Å². The fourth-order valence-corrected chi connectivity index (χ4v) is 2.72. The topological polar surface area (TPSA) is 12.5 Å². The molecule has 0 N–H and O–H groups in total. The highest BCUT2D eigenvalue weighted by molar-refractivity contribution is 5.17. The first-order valence-electron chi connectivity index (χ1n) is 4.67. The van der Waals surface area contributed by atoms with Crippen LogP contribution in [-0.4, -0.2) is 37.2 Å². The summed E-state index contributed by atoms with van der Waals surface area (Å²) in [5.74, 6) is 0. The molecule has 0 bridgehead atoms. The third-order valence-corrected chi connectivity index (χ3v) is 3.15. The fourth-order valence-electron chi connectivity index (χ4n) is 2.72. The van der Waals surface area contributed by atoms with E-state index in [2.05, 4.69) is 11.5 Å². The zero-order chi connectivity index (χ0) is 8.60. The molecular weight excluding hydrogens is 150 g/mol. The van der Waals surface area contributed by atoms with Crippen molar-refractivity contribution >= 4 is 0 Å². The standard InChI is InChI=1S/C10H17NO/c1-9-6-10(8-12-2)4-3-5-11(10)7-9/h1,3-8H2,2H3. The molecule has 0 radical (unpaired) electrons. The van der Waals surface area contributed by atoms with Gasteiger partial charge in [-0.2, -0.15) is 0 Å². The van der Waals surface area contributed by atoms with Gasteiger partial charge in [-0.1, -0.05) is 12.2 Å². The van der Waals surface area contributed by atoms with E-state index in [4.69, 9.17) is 4.74 Å². The van der Waals surface area contributed by atoms with Crippen LogP contribution >= 0.6 is 0 Å². The molecule has 0 amide bonds. The Balaban J connectivity index is 2.14. The molecule has 0 aliphatic carbocycles. The summed E-state index contributed by atoms with van der Waals surface area (Å²) in [7, 11) is 1.80. The van der Waals surface area contributed by atoms with Crippen molar-refractivity contribution in [2.24, 2.45) is 0 Å². The second-order valence-corrected chi connectivity index (χ2v) is 4.11. The van der Waals surface area contributed by atoms with E-state index in [0.29, 0.717) is 5.54 Å². The highest BCUT2D eigenvalue weighted by Crippen LogP contribution is 2.40. The van der Waals surface area contributed by atoms with E-state index in [1.165, 1.54) is 25.0 Å². The molecule has 2 aliphatic rings. The van der Waals surface area contributed by atoms with E-state index < -0.39 is 0 Å². The molecule has 1 atom stereocenters. The predicted molar refractivity (Wildman–Crippen MR) is 49.2 cm³/mol. The van der Waals surface area contributed by atoms with Gasteiger partial charge in [0.2, 0.25) is 0 Å². The van der Waals surface area contributed by atoms with Crippen LogP contribution < -0.4 is 0 Å². The van der Waals surface area contributed by atoms with Gasteiger partial charge in [-0.15, -0.1) is 0 Å². The van der Waals surface area contributed by atoms with Crippen LogP contribution in [0.1, 0.15) is 19.3 Å². The lowest BCUT2D eigenvalue weighted by molar-refractivity contribution is 0.0656. The fraction of sp³-hybridized carbons (Fsp3) is 0.800. The molecule has 2 saturated heterocycles. The smallest absolute Gasteiger partial charge is 0.0649 e. The third kappa shape index (κ3) is 1.10. The van der Waals surface area contributed by atoms with Crippen molar-refractivity contribution in [2.75, 3.05) is 26.8 Å². The van der Waals surface area contributed by atoms with Crippen LogP contribution in [0.5, 0.6) is 0 Å². The largest absolute Gasteiger partial charge is 0.383 e. The number of ether oxygens (including phenoxy) is 1. The Bertz CT molecular complexity index is 202. The maximum Gasteiger partial charge on any atom is 0.0649 e. The number of fused-ring (bicyclic) bond motifs is 1. The van der Waals surface area contributed by atoms with Crippen molar-refractivity contribution in [3.63, 3.8) is 0 Å². The van der Waals surface area contributed by atoms with Crippen LogP contribution in [0.2, 0.25) is 0 Å². The summed E-state index contributed by atoms with van der Waals surface area (Å²) in [4.78, 5) is 2.54. The van der Waals surface area contributed by atoms with Gasteiger partial charge in [0.15, 0.2) is 0 Å². The Labute approximate surface area is 74.2 Å². The molecular formula is C10H17NO. The molecule has 0 aromatic carbocycles. The van der Waals surface area contributed by atoms with Crippen molar-refractivity contribution in [1.82, 2.24) is 4.90 Å². The Hall–Kier alpha value is -0.340. The molecule has 2 nitrogen and oxygen atoms in total. The Kier molecular flexibility index (Phi) is 1.97. The van der Waals surface area contributed by atoms with Gasteiger partial charge in [0.05, 0.1) is 6.61 Å². The summed E-state index contributed by atoms with van der Waals surface area (Å²) < 4.78 is 5.30. The molecule has 2 heteroatoms. The lowest BCUT2D eigenvalue weighted by atomic mass is 9.94. The summed E-state index contributed by atoms with van der Waals surface area (Å²) >= 11 is 0. The minimum atomic E-state index is 0.339. The molecule has 68 valence electrons. The molecule has 0 aromatic rings. The number of hydrogen-bond donors (Lipinski definition) is 0. The van der Waals surface area contributed by atoms with Crippen LogP contribution in [0.25, 0.3) is 0 Å². The van der Waals surface area contributed by atoms with Crippen molar-refractivity contribution in [3.05, 3.63) is 12.2 Å². The van der Waals surface area contributed by atoms with Crippen LogP contribution in [0, 0.1) is 0 Å². The van der Waals surface area contributed by atoms with Crippen molar-refractivity contribution in [2.45, 2.75) is 24.8 Å². The summed E-state index contributed by atoms with van der Waals surface area (Å²) in [6.07, 6.45) is 3.78. The highest BCUT2D eigenvalue weighted by Gasteiger charge is 2.45. The van der Waals surface area contributed by atoms with Gasteiger partial charge in [-0.25, -0.2) is 0 Å². The van der Waals surface area contributed by atoms with Crippen molar-refractivity contribution in [3.8, 4) is 0 Å². The molecule has 0 aromatic heterocycles. The van der Waals surface area contributed by atoms with Crippen molar-refractivity contribution in [1.29, 1.82) is 0 Å². The second-order valence-electron chi connectivity index (χ2n) is 4.11. The number of rotatable bonds is 2. The van der Waals surface area contributed by atoms with Gasteiger partial charge in [0.25, 0.3) is 0 Å². The van der Waals surface area contributed by atoms with Crippen molar-refractivity contribution < 1.29 is 4.74 Å². The number of hydrogen-bond acceptors (Lipinski definition) is 2. The summed E-state index contributed by atoms with van der Waals surface area (Å²) in [5, 5.41) is 0. The Morgan fingerprint density at radius 2 is 2.50 bits per heavy atom. The number of nitrogens with zero attached hydrogens (tertiary/aromatic N) is 1. The maximum absolute atomic E-state index is 5.30. The summed E-state index contributed by atoms with van der Waals surface area (Å²) in [6.45, 7) is 7.29. The molecule has 1 unspecified atom stereocenters. The molecule has 2 fully saturated rings. The first kappa shape index (κ1) is 8.27. The van der Waals surface area contributed by atoms with Gasteiger partial charge in [-0.05, 0) is 25.8 Å². The van der Waals surface area contributed by atoms with E-state index in [1.807, 2.05) is 0 Å². The van der Waals surface area contributed by atoms with Crippen LogP contribution in [-0.2, 0) is 4.74 Å². The third-order valence-electron chi connectivity index (χ3n) is 3.15. The molecule has 2 heterocycles. The second kappa shape index (κ2) is 2.86. The normalized spacial score (nSPS) is 35.9.